The molecule has 2 nitrogen and oxygen atoms in total. The van der Waals surface area contributed by atoms with E-state index in [0.29, 0.717) is 18.1 Å². The first kappa shape index (κ1) is 12.7. The molecule has 1 heterocycles. The van der Waals surface area contributed by atoms with Gasteiger partial charge in [-0.25, -0.2) is 0 Å². The van der Waals surface area contributed by atoms with E-state index in [-0.39, 0.29) is 0 Å². The van der Waals surface area contributed by atoms with Crippen LogP contribution in [0, 0.1) is 5.92 Å². The first-order valence-electron chi connectivity index (χ1n) is 6.29. The summed E-state index contributed by atoms with van der Waals surface area (Å²) in [5.74, 6) is 0.588. The zero-order valence-electron chi connectivity index (χ0n) is 10.4. The molecule has 1 aliphatic rings. The van der Waals surface area contributed by atoms with Crippen LogP contribution in [-0.2, 0) is 4.74 Å². The highest BCUT2D eigenvalue weighted by Gasteiger charge is 2.24. The Kier molecular flexibility index (Phi) is 4.30. The Balaban J connectivity index is 1.92. The molecule has 2 atom stereocenters. The van der Waals surface area contributed by atoms with Gasteiger partial charge >= 0.3 is 0 Å². The molecule has 1 aliphatic heterocycles. The summed E-state index contributed by atoms with van der Waals surface area (Å²) in [7, 11) is 0. The Morgan fingerprint density at radius 1 is 1.29 bits per heavy atom. The van der Waals surface area contributed by atoms with Crippen molar-refractivity contribution < 1.29 is 4.74 Å². The average Bonchev–Trinajstić information content (AvgIpc) is 2.32. The van der Waals surface area contributed by atoms with E-state index < -0.39 is 0 Å². The molecule has 0 aliphatic carbocycles. The number of anilines is 1. The number of hydrogen-bond acceptors (Lipinski definition) is 2. The molecule has 0 spiro atoms. The molecule has 1 aromatic rings. The normalized spacial score (nSPS) is 24.9. The molecule has 2 rings (SSSR count). The number of benzene rings is 1. The summed E-state index contributed by atoms with van der Waals surface area (Å²) in [5.41, 5.74) is 1.14. The molecule has 94 valence electrons. The van der Waals surface area contributed by atoms with Crippen LogP contribution < -0.4 is 5.32 Å². The van der Waals surface area contributed by atoms with Gasteiger partial charge in [0.2, 0.25) is 0 Å². The van der Waals surface area contributed by atoms with Crippen LogP contribution in [0.25, 0.3) is 0 Å². The van der Waals surface area contributed by atoms with Gasteiger partial charge in [-0.2, -0.15) is 0 Å². The van der Waals surface area contributed by atoms with Crippen molar-refractivity contribution in [3.05, 3.63) is 29.3 Å². The quantitative estimate of drug-likeness (QED) is 0.881. The highest BCUT2D eigenvalue weighted by Crippen LogP contribution is 2.23. The van der Waals surface area contributed by atoms with Gasteiger partial charge in [0, 0.05) is 23.4 Å². The fourth-order valence-corrected chi connectivity index (χ4v) is 2.33. The summed E-state index contributed by atoms with van der Waals surface area (Å²) >= 11 is 5.87. The van der Waals surface area contributed by atoms with E-state index >= 15 is 0 Å². The molecule has 0 radical (unpaired) electrons. The van der Waals surface area contributed by atoms with Gasteiger partial charge in [-0.05, 0) is 43.0 Å². The number of halogens is 1. The van der Waals surface area contributed by atoms with E-state index in [2.05, 4.69) is 19.2 Å². The molecule has 1 fully saturated rings. The Morgan fingerprint density at radius 3 is 2.65 bits per heavy atom. The second-order valence-corrected chi connectivity index (χ2v) is 5.46. The highest BCUT2D eigenvalue weighted by molar-refractivity contribution is 6.30. The Bertz CT molecular complexity index is 350. The summed E-state index contributed by atoms with van der Waals surface area (Å²) in [6.45, 7) is 5.29. The van der Waals surface area contributed by atoms with E-state index in [1.807, 2.05) is 24.3 Å². The Morgan fingerprint density at radius 2 is 2.00 bits per heavy atom. The number of ether oxygens (including phenoxy) is 1. The highest BCUT2D eigenvalue weighted by atomic mass is 35.5. The third-order valence-corrected chi connectivity index (χ3v) is 3.53. The van der Waals surface area contributed by atoms with Crippen LogP contribution in [0.4, 0.5) is 5.69 Å². The first-order chi connectivity index (χ1) is 8.15. The van der Waals surface area contributed by atoms with E-state index in [0.717, 1.165) is 30.2 Å². The molecule has 1 N–H and O–H groups in total. The molecule has 0 bridgehead atoms. The molecular formula is C14H20ClNO. The van der Waals surface area contributed by atoms with Crippen molar-refractivity contribution in [2.45, 2.75) is 38.8 Å². The molecule has 2 unspecified atom stereocenters. The minimum Gasteiger partial charge on any atom is -0.382 e. The maximum atomic E-state index is 5.87. The van der Waals surface area contributed by atoms with Crippen molar-refractivity contribution in [2.75, 3.05) is 11.9 Å². The number of rotatable bonds is 3. The molecule has 0 aromatic heterocycles. The summed E-state index contributed by atoms with van der Waals surface area (Å²) in [4.78, 5) is 0. The lowest BCUT2D eigenvalue weighted by molar-refractivity contribution is -0.0160. The smallest absolute Gasteiger partial charge is 0.0617 e. The van der Waals surface area contributed by atoms with Crippen molar-refractivity contribution in [2.24, 2.45) is 5.92 Å². The van der Waals surface area contributed by atoms with Gasteiger partial charge in [0.1, 0.15) is 0 Å². The zero-order chi connectivity index (χ0) is 12.3. The topological polar surface area (TPSA) is 21.3 Å². The van der Waals surface area contributed by atoms with Gasteiger partial charge in [0.15, 0.2) is 0 Å². The Labute approximate surface area is 108 Å². The maximum absolute atomic E-state index is 5.87. The van der Waals surface area contributed by atoms with Gasteiger partial charge < -0.3 is 10.1 Å². The van der Waals surface area contributed by atoms with Crippen molar-refractivity contribution in [3.8, 4) is 0 Å². The SMILES string of the molecule is CC(C)C1CC(Nc2ccc(Cl)cc2)CCO1. The monoisotopic (exact) mass is 253 g/mol. The van der Waals surface area contributed by atoms with Crippen molar-refractivity contribution >= 4 is 17.3 Å². The van der Waals surface area contributed by atoms with Gasteiger partial charge in [0.25, 0.3) is 0 Å². The second kappa shape index (κ2) is 5.74. The average molecular weight is 254 g/mol. The minimum atomic E-state index is 0.383. The zero-order valence-corrected chi connectivity index (χ0v) is 11.2. The maximum Gasteiger partial charge on any atom is 0.0617 e. The van der Waals surface area contributed by atoms with Gasteiger partial charge in [-0.1, -0.05) is 25.4 Å². The molecule has 0 amide bonds. The summed E-state index contributed by atoms with van der Waals surface area (Å²) in [5, 5.41) is 4.33. The summed E-state index contributed by atoms with van der Waals surface area (Å²) in [6.07, 6.45) is 2.54. The van der Waals surface area contributed by atoms with E-state index in [4.69, 9.17) is 16.3 Å². The first-order valence-corrected chi connectivity index (χ1v) is 6.66. The van der Waals surface area contributed by atoms with Crippen LogP contribution in [0.15, 0.2) is 24.3 Å². The lowest BCUT2D eigenvalue weighted by Gasteiger charge is -2.32. The Hall–Kier alpha value is -0.730. The van der Waals surface area contributed by atoms with E-state index in [1.165, 1.54) is 0 Å². The van der Waals surface area contributed by atoms with E-state index in [9.17, 15) is 0 Å². The number of hydrogen-bond donors (Lipinski definition) is 1. The standard InChI is InChI=1S/C14H20ClNO/c1-10(2)14-9-13(7-8-17-14)16-12-5-3-11(15)4-6-12/h3-6,10,13-14,16H,7-9H2,1-2H3. The third kappa shape index (κ3) is 3.62. The van der Waals surface area contributed by atoms with E-state index in [1.54, 1.807) is 0 Å². The lowest BCUT2D eigenvalue weighted by Crippen LogP contribution is -2.36. The van der Waals surface area contributed by atoms with Crippen molar-refractivity contribution in [1.82, 2.24) is 0 Å². The lowest BCUT2D eigenvalue weighted by atomic mass is 9.95. The van der Waals surface area contributed by atoms with Gasteiger partial charge in [0.05, 0.1) is 6.10 Å². The molecule has 0 saturated carbocycles. The third-order valence-electron chi connectivity index (χ3n) is 3.27. The molecule has 17 heavy (non-hydrogen) atoms. The van der Waals surface area contributed by atoms with Crippen LogP contribution in [0.1, 0.15) is 26.7 Å². The van der Waals surface area contributed by atoms with Crippen LogP contribution in [0.2, 0.25) is 5.02 Å². The van der Waals surface area contributed by atoms with Crippen LogP contribution >= 0.6 is 11.6 Å². The molecule has 1 saturated heterocycles. The fourth-order valence-electron chi connectivity index (χ4n) is 2.21. The van der Waals surface area contributed by atoms with Crippen molar-refractivity contribution in [3.63, 3.8) is 0 Å². The van der Waals surface area contributed by atoms with Crippen molar-refractivity contribution in [1.29, 1.82) is 0 Å². The number of nitrogens with one attached hydrogen (secondary N) is 1. The molecular weight excluding hydrogens is 234 g/mol. The van der Waals surface area contributed by atoms with Crippen LogP contribution in [0.3, 0.4) is 0 Å². The van der Waals surface area contributed by atoms with Crippen LogP contribution in [0.5, 0.6) is 0 Å². The molecule has 3 heteroatoms. The van der Waals surface area contributed by atoms with Gasteiger partial charge in [-0.15, -0.1) is 0 Å². The van der Waals surface area contributed by atoms with Gasteiger partial charge in [-0.3, -0.25) is 0 Å². The minimum absolute atomic E-state index is 0.383. The summed E-state index contributed by atoms with van der Waals surface area (Å²) in [6, 6.07) is 8.41. The fraction of sp³-hybridized carbons (Fsp3) is 0.571. The molecule has 1 aromatic carbocycles. The largest absolute Gasteiger partial charge is 0.382 e. The van der Waals surface area contributed by atoms with Crippen LogP contribution in [-0.4, -0.2) is 18.8 Å². The second-order valence-electron chi connectivity index (χ2n) is 5.03. The summed E-state index contributed by atoms with van der Waals surface area (Å²) < 4.78 is 5.77. The predicted molar refractivity (Wildman–Crippen MR) is 72.7 cm³/mol. The predicted octanol–water partition coefficient (Wildman–Crippen LogP) is 3.96.